The molecule has 3 rings (SSSR count). The highest BCUT2D eigenvalue weighted by Crippen LogP contribution is 2.11. The molecule has 3 heterocycles. The molecule has 152 valence electrons. The molecule has 1 atom stereocenters. The van der Waals surface area contributed by atoms with Crippen molar-refractivity contribution in [1.29, 1.82) is 0 Å². The summed E-state index contributed by atoms with van der Waals surface area (Å²) in [5.74, 6) is 1.31. The van der Waals surface area contributed by atoms with Crippen molar-refractivity contribution in [3.8, 4) is 5.69 Å². The molecule has 0 aliphatic carbocycles. The molecule has 3 aromatic heterocycles. The minimum atomic E-state index is -0.0972. The Morgan fingerprint density at radius 2 is 1.86 bits per heavy atom. The molecule has 0 saturated carbocycles. The first-order valence-electron chi connectivity index (χ1n) is 9.46. The molecule has 3 N–H and O–H groups in total. The molecule has 29 heavy (non-hydrogen) atoms. The van der Waals surface area contributed by atoms with Crippen LogP contribution in [0.1, 0.15) is 17.7 Å². The molecule has 0 spiro atoms. The summed E-state index contributed by atoms with van der Waals surface area (Å²) in [7, 11) is 0. The second-order valence-corrected chi connectivity index (χ2v) is 6.88. The molecule has 0 aliphatic heterocycles. The van der Waals surface area contributed by atoms with Gasteiger partial charge in [0, 0.05) is 32.0 Å². The second-order valence-electron chi connectivity index (χ2n) is 6.88. The van der Waals surface area contributed by atoms with Gasteiger partial charge in [0.25, 0.3) is 5.56 Å². The normalized spacial score (nSPS) is 11.8. The Balaban J connectivity index is 1.58. The zero-order valence-electron chi connectivity index (χ0n) is 16.5. The molecule has 0 aromatic carbocycles. The van der Waals surface area contributed by atoms with Gasteiger partial charge in [-0.15, -0.1) is 5.10 Å². The van der Waals surface area contributed by atoms with E-state index in [1.165, 1.54) is 0 Å². The van der Waals surface area contributed by atoms with E-state index in [0.29, 0.717) is 37.0 Å². The van der Waals surface area contributed by atoms with Crippen molar-refractivity contribution in [2.45, 2.75) is 20.3 Å². The van der Waals surface area contributed by atoms with Crippen molar-refractivity contribution in [2.24, 2.45) is 5.92 Å². The third-order valence-electron chi connectivity index (χ3n) is 4.42. The van der Waals surface area contributed by atoms with Gasteiger partial charge in [0.1, 0.15) is 5.82 Å². The Morgan fingerprint density at radius 3 is 2.55 bits per heavy atom. The minimum absolute atomic E-state index is 0.0870. The van der Waals surface area contributed by atoms with Gasteiger partial charge in [-0.2, -0.15) is 5.10 Å². The van der Waals surface area contributed by atoms with E-state index >= 15 is 0 Å². The summed E-state index contributed by atoms with van der Waals surface area (Å²) in [5.41, 5.74) is 2.37. The predicted molar refractivity (Wildman–Crippen MR) is 111 cm³/mol. The van der Waals surface area contributed by atoms with Crippen LogP contribution in [0.3, 0.4) is 0 Å². The Bertz CT molecular complexity index is 971. The average Bonchev–Trinajstić information content (AvgIpc) is 2.73. The van der Waals surface area contributed by atoms with E-state index in [9.17, 15) is 9.90 Å². The van der Waals surface area contributed by atoms with Crippen LogP contribution in [0, 0.1) is 19.8 Å². The zero-order valence-corrected chi connectivity index (χ0v) is 16.5. The van der Waals surface area contributed by atoms with Crippen LogP contribution in [-0.4, -0.2) is 49.5 Å². The largest absolute Gasteiger partial charge is 0.396 e. The third-order valence-corrected chi connectivity index (χ3v) is 4.42. The maximum Gasteiger partial charge on any atom is 0.255 e. The van der Waals surface area contributed by atoms with Crippen LogP contribution < -0.4 is 16.2 Å². The van der Waals surface area contributed by atoms with Gasteiger partial charge in [-0.1, -0.05) is 6.07 Å². The minimum Gasteiger partial charge on any atom is -0.396 e. The predicted octanol–water partition coefficient (Wildman–Crippen LogP) is 1.56. The molecule has 0 saturated heterocycles. The summed E-state index contributed by atoms with van der Waals surface area (Å²) < 4.78 is 1.57. The van der Waals surface area contributed by atoms with Gasteiger partial charge < -0.3 is 15.7 Å². The monoisotopic (exact) mass is 395 g/mol. The van der Waals surface area contributed by atoms with Crippen LogP contribution in [0.2, 0.25) is 0 Å². The number of rotatable bonds is 9. The summed E-state index contributed by atoms with van der Waals surface area (Å²) in [6, 6.07) is 7.01. The van der Waals surface area contributed by atoms with E-state index in [1.807, 2.05) is 26.0 Å². The van der Waals surface area contributed by atoms with Gasteiger partial charge in [0.2, 0.25) is 5.95 Å². The summed E-state index contributed by atoms with van der Waals surface area (Å²) in [5, 5.41) is 23.7. The lowest BCUT2D eigenvalue weighted by Crippen LogP contribution is -2.24. The molecule has 9 heteroatoms. The van der Waals surface area contributed by atoms with Crippen molar-refractivity contribution < 1.29 is 5.11 Å². The van der Waals surface area contributed by atoms with Crippen molar-refractivity contribution in [3.63, 3.8) is 0 Å². The highest BCUT2D eigenvalue weighted by atomic mass is 16.3. The fourth-order valence-corrected chi connectivity index (χ4v) is 2.79. The molecule has 0 unspecified atom stereocenters. The van der Waals surface area contributed by atoms with Crippen LogP contribution in [0.15, 0.2) is 47.7 Å². The number of aliphatic hydroxyl groups is 1. The third kappa shape index (κ3) is 5.82. The van der Waals surface area contributed by atoms with Crippen LogP contribution in [0.5, 0.6) is 0 Å². The Kier molecular flexibility index (Phi) is 6.85. The Morgan fingerprint density at radius 1 is 1.03 bits per heavy atom. The van der Waals surface area contributed by atoms with Gasteiger partial charge in [0.05, 0.1) is 23.8 Å². The molecule has 0 amide bonds. The smallest absolute Gasteiger partial charge is 0.255 e. The Hall–Kier alpha value is -3.33. The molecule has 0 bridgehead atoms. The topological polar surface area (TPSA) is 118 Å². The Labute approximate surface area is 168 Å². The molecular formula is C20H25N7O2. The maximum atomic E-state index is 12.0. The molecule has 0 radical (unpaired) electrons. The number of anilines is 2. The fraction of sp³-hybridized carbons (Fsp3) is 0.350. The van der Waals surface area contributed by atoms with E-state index < -0.39 is 0 Å². The SMILES string of the molecule is Cc1ccc(=O)n(-c2ccc(NC[C@@H](CCO)CNc3ncc(C)nn3)nc2)c1. The van der Waals surface area contributed by atoms with Crippen molar-refractivity contribution in [3.05, 3.63) is 64.5 Å². The highest BCUT2D eigenvalue weighted by molar-refractivity contribution is 5.41. The lowest BCUT2D eigenvalue weighted by molar-refractivity contribution is 0.263. The number of nitrogens with one attached hydrogen (secondary N) is 2. The first-order chi connectivity index (χ1) is 14.0. The van der Waals surface area contributed by atoms with Crippen molar-refractivity contribution >= 4 is 11.8 Å². The number of nitrogens with zero attached hydrogens (tertiary/aromatic N) is 5. The number of aryl methyl sites for hydroxylation is 2. The van der Waals surface area contributed by atoms with Gasteiger partial charge in [-0.3, -0.25) is 9.36 Å². The van der Waals surface area contributed by atoms with Gasteiger partial charge >= 0.3 is 0 Å². The standard InChI is InChI=1S/C20H25N7O2/c1-14-3-6-19(29)27(13-14)17-4-5-18(22-12-17)21-10-16(7-8-28)11-24-20-23-9-15(2)25-26-20/h3-6,9,12-13,16,28H,7-8,10-11H2,1-2H3,(H,21,22)(H,23,24,26)/t16-/m1/s1. The van der Waals surface area contributed by atoms with Crippen molar-refractivity contribution in [2.75, 3.05) is 30.3 Å². The van der Waals surface area contributed by atoms with Gasteiger partial charge in [-0.25, -0.2) is 9.97 Å². The van der Waals surface area contributed by atoms with Crippen LogP contribution >= 0.6 is 0 Å². The number of hydrogen-bond donors (Lipinski definition) is 3. The van der Waals surface area contributed by atoms with Crippen LogP contribution in [0.4, 0.5) is 11.8 Å². The van der Waals surface area contributed by atoms with E-state index in [1.54, 1.807) is 35.3 Å². The molecular weight excluding hydrogens is 370 g/mol. The highest BCUT2D eigenvalue weighted by Gasteiger charge is 2.10. The maximum absolute atomic E-state index is 12.0. The quantitative estimate of drug-likeness (QED) is 0.500. The number of hydrogen-bond acceptors (Lipinski definition) is 8. The first kappa shape index (κ1) is 20.4. The van der Waals surface area contributed by atoms with Gasteiger partial charge in [0.15, 0.2) is 0 Å². The number of aromatic nitrogens is 5. The molecule has 9 nitrogen and oxygen atoms in total. The fourth-order valence-electron chi connectivity index (χ4n) is 2.79. The lowest BCUT2D eigenvalue weighted by Gasteiger charge is -2.17. The lowest BCUT2D eigenvalue weighted by atomic mass is 10.1. The van der Waals surface area contributed by atoms with E-state index in [4.69, 9.17) is 0 Å². The van der Waals surface area contributed by atoms with Crippen LogP contribution in [0.25, 0.3) is 5.69 Å². The summed E-state index contributed by atoms with van der Waals surface area (Å²) in [4.78, 5) is 20.6. The van der Waals surface area contributed by atoms with Crippen molar-refractivity contribution in [1.82, 2.24) is 24.7 Å². The summed E-state index contributed by atoms with van der Waals surface area (Å²) in [6.45, 7) is 5.06. The molecule has 0 fully saturated rings. The second kappa shape index (κ2) is 9.74. The van der Waals surface area contributed by atoms with E-state index in [0.717, 1.165) is 11.3 Å². The summed E-state index contributed by atoms with van der Waals surface area (Å²) >= 11 is 0. The number of pyridine rings is 2. The van der Waals surface area contributed by atoms with E-state index in [-0.39, 0.29) is 18.1 Å². The summed E-state index contributed by atoms with van der Waals surface area (Å²) in [6.07, 6.45) is 5.72. The molecule has 0 aliphatic rings. The first-order valence-corrected chi connectivity index (χ1v) is 9.46. The van der Waals surface area contributed by atoms with Crippen LogP contribution in [-0.2, 0) is 0 Å². The average molecular weight is 395 g/mol. The number of aliphatic hydroxyl groups excluding tert-OH is 1. The molecule has 3 aromatic rings. The zero-order chi connectivity index (χ0) is 20.6. The van der Waals surface area contributed by atoms with E-state index in [2.05, 4.69) is 30.8 Å². The van der Waals surface area contributed by atoms with Gasteiger partial charge in [-0.05, 0) is 43.9 Å².